The molecule has 0 bridgehead atoms. The van der Waals surface area contributed by atoms with Crippen LogP contribution in [0.4, 0.5) is 14.5 Å². The second-order valence-electron chi connectivity index (χ2n) is 4.40. The van der Waals surface area contributed by atoms with Gasteiger partial charge in [-0.3, -0.25) is 18.6 Å². The molecule has 0 spiro atoms. The fourth-order valence-corrected chi connectivity index (χ4v) is 1.70. The molecule has 0 unspecified atom stereocenters. The second-order valence-corrected chi connectivity index (χ2v) is 4.40. The molecule has 1 aromatic carbocycles. The fraction of sp³-hybridized carbons (Fsp3) is 0. The molecule has 2 heterocycles. The number of hydrogen-bond donors (Lipinski definition) is 1. The summed E-state index contributed by atoms with van der Waals surface area (Å²) in [5, 5.41) is 8.28. The van der Waals surface area contributed by atoms with Crippen LogP contribution in [0.1, 0.15) is 10.5 Å². The molecule has 9 heteroatoms. The number of aromatic carboxylic acids is 1. The summed E-state index contributed by atoms with van der Waals surface area (Å²) < 4.78 is 26.7. The van der Waals surface area contributed by atoms with E-state index in [0.29, 0.717) is 5.69 Å². The molecule has 0 amide bonds. The van der Waals surface area contributed by atoms with E-state index in [4.69, 9.17) is 11.7 Å². The van der Waals surface area contributed by atoms with Crippen molar-refractivity contribution in [1.29, 1.82) is 0 Å². The predicted octanol–water partition coefficient (Wildman–Crippen LogP) is 3.55. The van der Waals surface area contributed by atoms with Gasteiger partial charge in [0.15, 0.2) is 11.4 Å². The van der Waals surface area contributed by atoms with Crippen molar-refractivity contribution < 1.29 is 38.8 Å². The first-order valence-corrected chi connectivity index (χ1v) is 6.72. The Morgan fingerprint density at radius 2 is 1.96 bits per heavy atom. The summed E-state index contributed by atoms with van der Waals surface area (Å²) >= 11 is 0. The van der Waals surface area contributed by atoms with E-state index in [2.05, 4.69) is 25.9 Å². The quantitative estimate of drug-likeness (QED) is 0.512. The van der Waals surface area contributed by atoms with Crippen LogP contribution in [-0.4, -0.2) is 26.0 Å². The molecular formula is C17H9F2IrN4O2-. The van der Waals surface area contributed by atoms with Crippen LogP contribution in [0.25, 0.3) is 16.1 Å². The maximum Gasteiger partial charge on any atom is 0.356 e. The first-order valence-electron chi connectivity index (χ1n) is 6.72. The van der Waals surface area contributed by atoms with Crippen LogP contribution in [0.5, 0.6) is 0 Å². The number of nitrogens with zero attached hydrogens (tertiary/aromatic N) is 4. The Bertz CT molecular complexity index is 919. The summed E-state index contributed by atoms with van der Waals surface area (Å²) in [5.74, 6) is -2.89. The van der Waals surface area contributed by atoms with Gasteiger partial charge in [-0.2, -0.15) is 0 Å². The Hall–Kier alpha value is -3.08. The van der Waals surface area contributed by atoms with E-state index in [9.17, 15) is 13.6 Å². The SMILES string of the molecule is O=C(O)c1cnccn1.[C-]#[N+]c1c(F)c[c-]c(-c2ccccn2)c1F.[Ir]. The Balaban J connectivity index is 0.000000290. The molecular weight excluding hydrogens is 522 g/mol. The zero-order valence-corrected chi connectivity index (χ0v) is 15.2. The third-order valence-corrected chi connectivity index (χ3v) is 2.81. The van der Waals surface area contributed by atoms with E-state index in [1.807, 2.05) is 0 Å². The van der Waals surface area contributed by atoms with Crippen molar-refractivity contribution in [3.63, 3.8) is 0 Å². The molecule has 1 radical (unpaired) electrons. The molecule has 0 atom stereocenters. The van der Waals surface area contributed by atoms with Crippen molar-refractivity contribution in [2.45, 2.75) is 0 Å². The topological polar surface area (TPSA) is 80.3 Å². The molecule has 1 N–H and O–H groups in total. The van der Waals surface area contributed by atoms with Gasteiger partial charge in [-0.25, -0.2) is 9.78 Å². The molecule has 2 aromatic heterocycles. The van der Waals surface area contributed by atoms with Gasteiger partial charge in [0.2, 0.25) is 0 Å². The van der Waals surface area contributed by atoms with Gasteiger partial charge in [-0.15, -0.1) is 17.7 Å². The van der Waals surface area contributed by atoms with Gasteiger partial charge < -0.3 is 10.1 Å². The first kappa shape index (κ1) is 21.0. The van der Waals surface area contributed by atoms with E-state index < -0.39 is 23.3 Å². The zero-order valence-electron chi connectivity index (χ0n) is 12.9. The molecule has 6 nitrogen and oxygen atoms in total. The number of benzene rings is 1. The molecule has 0 aliphatic carbocycles. The third kappa shape index (κ3) is 5.21. The van der Waals surface area contributed by atoms with Crippen LogP contribution in [0.3, 0.4) is 0 Å². The smallest absolute Gasteiger partial charge is 0.356 e. The summed E-state index contributed by atoms with van der Waals surface area (Å²) in [7, 11) is 0. The van der Waals surface area contributed by atoms with Crippen LogP contribution < -0.4 is 0 Å². The van der Waals surface area contributed by atoms with Crippen molar-refractivity contribution in [3.05, 3.63) is 83.9 Å². The van der Waals surface area contributed by atoms with E-state index >= 15 is 0 Å². The number of hydrogen-bond acceptors (Lipinski definition) is 4. The van der Waals surface area contributed by atoms with Gasteiger partial charge in [0.25, 0.3) is 0 Å². The number of carboxylic acids is 1. The van der Waals surface area contributed by atoms with Crippen molar-refractivity contribution in [1.82, 2.24) is 15.0 Å². The van der Waals surface area contributed by atoms with Gasteiger partial charge in [0.1, 0.15) is 0 Å². The van der Waals surface area contributed by atoms with Gasteiger partial charge in [-0.05, 0) is 11.8 Å². The molecule has 0 aliphatic rings. The Morgan fingerprint density at radius 1 is 1.19 bits per heavy atom. The average molecular weight is 531 g/mol. The van der Waals surface area contributed by atoms with Crippen LogP contribution in [0.2, 0.25) is 0 Å². The van der Waals surface area contributed by atoms with E-state index in [1.54, 1.807) is 18.2 Å². The number of carbonyl (C=O) groups is 1. The molecule has 26 heavy (non-hydrogen) atoms. The van der Waals surface area contributed by atoms with Gasteiger partial charge in [-0.1, -0.05) is 12.1 Å². The molecule has 0 saturated carbocycles. The molecule has 0 saturated heterocycles. The average Bonchev–Trinajstić information content (AvgIpc) is 2.64. The van der Waals surface area contributed by atoms with Crippen molar-refractivity contribution in [2.75, 3.05) is 0 Å². The normalized spacial score (nSPS) is 9.12. The first-order chi connectivity index (χ1) is 12.0. The van der Waals surface area contributed by atoms with Crippen molar-refractivity contribution >= 4 is 11.7 Å². The Labute approximate surface area is 160 Å². The standard InChI is InChI=1S/C12H5F2N2.C5H4N2O2.Ir/c1-15-12-9(13)6-5-8(11(12)14)10-4-2-3-7-16-10;8-5(9)4-3-6-1-2-7-4;/h2-4,6-7H;1-3H,(H,8,9);/q-1;;. The summed E-state index contributed by atoms with van der Waals surface area (Å²) in [6.07, 6.45) is 5.45. The molecule has 0 aliphatic heterocycles. The van der Waals surface area contributed by atoms with Crippen molar-refractivity contribution in [2.24, 2.45) is 0 Å². The number of aromatic nitrogens is 3. The monoisotopic (exact) mass is 532 g/mol. The number of carboxylic acid groups (broad SMARTS) is 1. The number of halogens is 2. The van der Waals surface area contributed by atoms with Crippen LogP contribution in [-0.2, 0) is 20.1 Å². The predicted molar refractivity (Wildman–Crippen MR) is 83.7 cm³/mol. The minimum absolute atomic E-state index is 0. The Kier molecular flexibility index (Phi) is 8.09. The van der Waals surface area contributed by atoms with Crippen LogP contribution >= 0.6 is 0 Å². The van der Waals surface area contributed by atoms with Crippen molar-refractivity contribution in [3.8, 4) is 11.3 Å². The molecule has 0 fully saturated rings. The minimum Gasteiger partial charge on any atom is -0.476 e. The Morgan fingerprint density at radius 3 is 2.46 bits per heavy atom. The molecule has 3 aromatic rings. The maximum absolute atomic E-state index is 13.7. The van der Waals surface area contributed by atoms with Crippen LogP contribution in [0.15, 0.2) is 49.1 Å². The van der Waals surface area contributed by atoms with Gasteiger partial charge in [0.05, 0.1) is 12.8 Å². The summed E-state index contributed by atoms with van der Waals surface area (Å²) in [6, 6.07) is 8.31. The molecule has 3 rings (SSSR count). The van der Waals surface area contributed by atoms with E-state index in [-0.39, 0.29) is 31.4 Å². The van der Waals surface area contributed by atoms with E-state index in [1.165, 1.54) is 24.8 Å². The maximum atomic E-state index is 13.7. The summed E-state index contributed by atoms with van der Waals surface area (Å²) in [5.41, 5.74) is -0.324. The largest absolute Gasteiger partial charge is 0.476 e. The summed E-state index contributed by atoms with van der Waals surface area (Å²) in [6.45, 7) is 6.70. The molecule has 133 valence electrons. The number of pyridine rings is 1. The number of rotatable bonds is 2. The second kappa shape index (κ2) is 10.0. The third-order valence-electron chi connectivity index (χ3n) is 2.81. The van der Waals surface area contributed by atoms with Gasteiger partial charge in [0, 0.05) is 50.3 Å². The zero-order chi connectivity index (χ0) is 18.2. The fourth-order valence-electron chi connectivity index (χ4n) is 1.70. The van der Waals surface area contributed by atoms with Gasteiger partial charge >= 0.3 is 5.97 Å². The van der Waals surface area contributed by atoms with E-state index in [0.717, 1.165) is 6.07 Å². The summed E-state index contributed by atoms with van der Waals surface area (Å²) in [4.78, 5) is 23.9. The van der Waals surface area contributed by atoms with Crippen LogP contribution in [0, 0.1) is 24.3 Å². The minimum atomic E-state index is -1.05.